The van der Waals surface area contributed by atoms with Crippen molar-refractivity contribution in [3.63, 3.8) is 0 Å². The monoisotopic (exact) mass is 385 g/mol. The number of rotatable bonds is 4. The number of hydrogen-bond donors (Lipinski definition) is 1. The molecule has 0 bridgehead atoms. The maximum absolute atomic E-state index is 12.1. The lowest BCUT2D eigenvalue weighted by Gasteiger charge is -2.10. The van der Waals surface area contributed by atoms with E-state index >= 15 is 0 Å². The Morgan fingerprint density at radius 1 is 1.07 bits per heavy atom. The summed E-state index contributed by atoms with van der Waals surface area (Å²) < 4.78 is 12.1. The molecular formula is C18H15N3O7. The molecule has 1 N–H and O–H groups in total. The molecule has 0 spiro atoms. The molecule has 0 saturated heterocycles. The summed E-state index contributed by atoms with van der Waals surface area (Å²) in [5.41, 5.74) is -1.44. The second kappa shape index (κ2) is 7.35. The summed E-state index contributed by atoms with van der Waals surface area (Å²) in [7, 11) is 2.67. The van der Waals surface area contributed by atoms with Crippen LogP contribution in [0.2, 0.25) is 0 Å². The molecule has 1 amide bonds. The predicted molar refractivity (Wildman–Crippen MR) is 98.3 cm³/mol. The van der Waals surface area contributed by atoms with E-state index in [1.54, 1.807) is 18.2 Å². The summed E-state index contributed by atoms with van der Waals surface area (Å²) in [5.74, 6) is -2.18. The van der Waals surface area contributed by atoms with Crippen LogP contribution in [0.15, 0.2) is 55.2 Å². The molecule has 0 aliphatic heterocycles. The normalized spacial score (nSPS) is 10.6. The van der Waals surface area contributed by atoms with Crippen LogP contribution in [0, 0.1) is 0 Å². The molecule has 0 aliphatic rings. The van der Waals surface area contributed by atoms with Gasteiger partial charge in [0.1, 0.15) is 11.4 Å². The standard InChI is InChI=1S/C18H15N3O7/c1-20-14(8-16(24)21(2)18(20)26)19-15(23)9-27-17(25)13-7-11(22)10-5-3-4-6-12(10)28-13/h3-8H,9H2,1-2H3,(H,19,23). The molecule has 0 fully saturated rings. The van der Waals surface area contributed by atoms with Crippen LogP contribution in [-0.4, -0.2) is 27.6 Å². The molecular weight excluding hydrogens is 370 g/mol. The molecule has 3 rings (SSSR count). The van der Waals surface area contributed by atoms with E-state index in [9.17, 15) is 24.0 Å². The van der Waals surface area contributed by atoms with Crippen LogP contribution in [-0.2, 0) is 23.6 Å². The third kappa shape index (κ3) is 3.61. The minimum Gasteiger partial charge on any atom is -0.450 e. The van der Waals surface area contributed by atoms with Gasteiger partial charge in [-0.2, -0.15) is 0 Å². The fraction of sp³-hybridized carbons (Fsp3) is 0.167. The second-order valence-electron chi connectivity index (χ2n) is 5.86. The van der Waals surface area contributed by atoms with E-state index in [0.29, 0.717) is 5.39 Å². The van der Waals surface area contributed by atoms with Crippen molar-refractivity contribution >= 4 is 28.7 Å². The Morgan fingerprint density at radius 2 is 1.79 bits per heavy atom. The van der Waals surface area contributed by atoms with Gasteiger partial charge in [0.05, 0.1) is 5.39 Å². The zero-order chi connectivity index (χ0) is 20.4. The van der Waals surface area contributed by atoms with Gasteiger partial charge in [-0.05, 0) is 12.1 Å². The van der Waals surface area contributed by atoms with Crippen LogP contribution in [0.4, 0.5) is 5.82 Å². The van der Waals surface area contributed by atoms with Crippen molar-refractivity contribution in [3.8, 4) is 0 Å². The van der Waals surface area contributed by atoms with Crippen LogP contribution < -0.4 is 22.0 Å². The molecule has 10 heteroatoms. The summed E-state index contributed by atoms with van der Waals surface area (Å²) >= 11 is 0. The van der Waals surface area contributed by atoms with E-state index < -0.39 is 35.2 Å². The second-order valence-corrected chi connectivity index (χ2v) is 5.86. The highest BCUT2D eigenvalue weighted by Gasteiger charge is 2.16. The zero-order valence-corrected chi connectivity index (χ0v) is 14.9. The summed E-state index contributed by atoms with van der Waals surface area (Å²) in [6, 6.07) is 8.42. The van der Waals surface area contributed by atoms with Gasteiger partial charge >= 0.3 is 11.7 Å². The first-order chi connectivity index (χ1) is 13.3. The number of carbonyl (C=O) groups excluding carboxylic acids is 2. The third-order valence-corrected chi connectivity index (χ3v) is 3.96. The molecule has 28 heavy (non-hydrogen) atoms. The first kappa shape index (κ1) is 18.8. The quantitative estimate of drug-likeness (QED) is 0.625. The molecule has 2 aromatic heterocycles. The van der Waals surface area contributed by atoms with Crippen molar-refractivity contribution < 1.29 is 18.7 Å². The minimum atomic E-state index is -1.00. The van der Waals surface area contributed by atoms with Crippen LogP contribution in [0.1, 0.15) is 10.6 Å². The Balaban J connectivity index is 1.72. The molecule has 0 aliphatic carbocycles. The van der Waals surface area contributed by atoms with Gasteiger partial charge in [-0.15, -0.1) is 0 Å². The largest absolute Gasteiger partial charge is 0.450 e. The fourth-order valence-electron chi connectivity index (χ4n) is 2.44. The number of para-hydroxylation sites is 1. The number of amides is 1. The van der Waals surface area contributed by atoms with E-state index in [2.05, 4.69) is 5.32 Å². The van der Waals surface area contributed by atoms with E-state index in [1.807, 2.05) is 0 Å². The number of carbonyl (C=O) groups is 2. The molecule has 2 heterocycles. The topological polar surface area (TPSA) is 130 Å². The molecule has 10 nitrogen and oxygen atoms in total. The number of anilines is 1. The highest BCUT2D eigenvalue weighted by atomic mass is 16.5. The minimum absolute atomic E-state index is 0.0496. The lowest BCUT2D eigenvalue weighted by atomic mass is 10.2. The first-order valence-electron chi connectivity index (χ1n) is 8.05. The van der Waals surface area contributed by atoms with E-state index in [4.69, 9.17) is 9.15 Å². The Morgan fingerprint density at radius 3 is 2.54 bits per heavy atom. The first-order valence-corrected chi connectivity index (χ1v) is 8.05. The van der Waals surface area contributed by atoms with Crippen molar-refractivity contribution in [1.82, 2.24) is 9.13 Å². The Bertz CT molecular complexity index is 1270. The van der Waals surface area contributed by atoms with Crippen molar-refractivity contribution in [2.24, 2.45) is 14.1 Å². The van der Waals surface area contributed by atoms with Gasteiger partial charge in [-0.25, -0.2) is 9.59 Å². The molecule has 0 atom stereocenters. The van der Waals surface area contributed by atoms with Gasteiger partial charge in [0, 0.05) is 26.2 Å². The van der Waals surface area contributed by atoms with Gasteiger partial charge in [-0.3, -0.25) is 23.5 Å². The van der Waals surface area contributed by atoms with Crippen LogP contribution in [0.25, 0.3) is 11.0 Å². The highest BCUT2D eigenvalue weighted by Crippen LogP contribution is 2.12. The predicted octanol–water partition coefficient (Wildman–Crippen LogP) is -0.0141. The third-order valence-electron chi connectivity index (χ3n) is 3.96. The van der Waals surface area contributed by atoms with E-state index in [-0.39, 0.29) is 17.2 Å². The van der Waals surface area contributed by atoms with Crippen LogP contribution in [0.5, 0.6) is 0 Å². The van der Waals surface area contributed by atoms with Crippen molar-refractivity contribution in [2.75, 3.05) is 11.9 Å². The van der Waals surface area contributed by atoms with Gasteiger partial charge in [0.2, 0.25) is 5.76 Å². The van der Waals surface area contributed by atoms with Crippen molar-refractivity contribution in [3.05, 3.63) is 73.2 Å². The maximum atomic E-state index is 12.1. The number of ether oxygens (including phenoxy) is 1. The summed E-state index contributed by atoms with van der Waals surface area (Å²) in [6.45, 7) is -0.710. The number of fused-ring (bicyclic) bond motifs is 1. The highest BCUT2D eigenvalue weighted by molar-refractivity contribution is 5.94. The average molecular weight is 385 g/mol. The molecule has 1 aromatic carbocycles. The lowest BCUT2D eigenvalue weighted by Crippen LogP contribution is -2.38. The Hall–Kier alpha value is -3.95. The Labute approximate surface area is 156 Å². The number of aromatic nitrogens is 2. The van der Waals surface area contributed by atoms with Gasteiger partial charge in [-0.1, -0.05) is 12.1 Å². The number of nitrogens with zero attached hydrogens (tertiary/aromatic N) is 2. The summed E-state index contributed by atoms with van der Waals surface area (Å²) in [4.78, 5) is 59.5. The Kier molecular flexibility index (Phi) is 4.94. The number of nitrogens with one attached hydrogen (secondary N) is 1. The zero-order valence-electron chi connectivity index (χ0n) is 14.9. The van der Waals surface area contributed by atoms with Gasteiger partial charge in [0.15, 0.2) is 12.0 Å². The van der Waals surface area contributed by atoms with Crippen LogP contribution in [0.3, 0.4) is 0 Å². The molecule has 3 aromatic rings. The lowest BCUT2D eigenvalue weighted by molar-refractivity contribution is -0.119. The number of esters is 1. The number of hydrogen-bond acceptors (Lipinski definition) is 7. The van der Waals surface area contributed by atoms with Crippen molar-refractivity contribution in [2.45, 2.75) is 0 Å². The van der Waals surface area contributed by atoms with Gasteiger partial charge in [0.25, 0.3) is 11.5 Å². The molecule has 0 unspecified atom stereocenters. The van der Waals surface area contributed by atoms with E-state index in [0.717, 1.165) is 21.3 Å². The molecule has 144 valence electrons. The number of benzene rings is 1. The van der Waals surface area contributed by atoms with Crippen molar-refractivity contribution in [1.29, 1.82) is 0 Å². The van der Waals surface area contributed by atoms with Gasteiger partial charge < -0.3 is 14.5 Å². The fourth-order valence-corrected chi connectivity index (χ4v) is 2.44. The molecule has 0 saturated carbocycles. The average Bonchev–Trinajstić information content (AvgIpc) is 2.68. The summed E-state index contributed by atoms with van der Waals surface area (Å²) in [5, 5.41) is 2.62. The maximum Gasteiger partial charge on any atom is 0.374 e. The SMILES string of the molecule is Cn1c(NC(=O)COC(=O)c2cc(=O)c3ccccc3o2)cc(=O)n(C)c1=O. The molecule has 0 radical (unpaired) electrons. The van der Waals surface area contributed by atoms with Crippen LogP contribution >= 0.6 is 0 Å². The smallest absolute Gasteiger partial charge is 0.374 e. The van der Waals surface area contributed by atoms with E-state index in [1.165, 1.54) is 20.2 Å². The summed E-state index contributed by atoms with van der Waals surface area (Å²) in [6.07, 6.45) is 0.